The van der Waals surface area contributed by atoms with Crippen LogP contribution in [0.3, 0.4) is 0 Å². The van der Waals surface area contributed by atoms with Gasteiger partial charge in [-0.05, 0) is 37.5 Å². The number of carbonyl (C=O) groups excluding carboxylic acids is 1. The number of rotatable bonds is 10. The van der Waals surface area contributed by atoms with Crippen LogP contribution < -0.4 is 4.74 Å². The van der Waals surface area contributed by atoms with Crippen molar-refractivity contribution >= 4 is 23.0 Å². The summed E-state index contributed by atoms with van der Waals surface area (Å²) in [6, 6.07) is 11.5. The Morgan fingerprint density at radius 1 is 1.22 bits per heavy atom. The Morgan fingerprint density at radius 3 is 2.76 bits per heavy atom. The largest absolute Gasteiger partial charge is 0.465 e. The Balaban J connectivity index is 1.47. The number of carboxylic acid groups (broad SMARTS) is 1. The highest BCUT2D eigenvalue weighted by atomic mass is 16.5. The van der Waals surface area contributed by atoms with Gasteiger partial charge in [0.25, 0.3) is 5.91 Å². The first kappa shape index (κ1) is 25.0. The molecule has 0 bridgehead atoms. The second-order valence-electron chi connectivity index (χ2n) is 9.40. The van der Waals surface area contributed by atoms with Gasteiger partial charge in [0.05, 0.1) is 18.5 Å². The zero-order valence-electron chi connectivity index (χ0n) is 20.9. The van der Waals surface area contributed by atoms with Gasteiger partial charge in [-0.2, -0.15) is 0 Å². The van der Waals surface area contributed by atoms with Crippen LogP contribution in [-0.2, 0) is 27.4 Å². The molecule has 1 aromatic carbocycles. The standard InChI is InChI=1S/C27H32N4O6/c1-35-14-5-12-29-16-19(24-22(10-11-28-25(24)29)37-21-6-3-2-4-7-21)17-31(20-8-9-20)26(32)23-18-30(27(33)34)13-15-36-23/h2-4,6-7,10-11,16,20,23H,5,8-9,12-15,17-18H2,1H3,(H,33,34). The van der Waals surface area contributed by atoms with E-state index in [1.54, 1.807) is 13.3 Å². The number of aromatic nitrogens is 2. The fourth-order valence-electron chi connectivity index (χ4n) is 4.75. The molecule has 2 amide bonds. The van der Waals surface area contributed by atoms with Crippen molar-refractivity contribution in [1.29, 1.82) is 0 Å². The predicted octanol–water partition coefficient (Wildman–Crippen LogP) is 3.73. The van der Waals surface area contributed by atoms with Crippen molar-refractivity contribution in [2.45, 2.75) is 44.5 Å². The first-order valence-electron chi connectivity index (χ1n) is 12.6. The lowest BCUT2D eigenvalue weighted by molar-refractivity contribution is -0.149. The predicted molar refractivity (Wildman–Crippen MR) is 136 cm³/mol. The molecular formula is C27H32N4O6. The quantitative estimate of drug-likeness (QED) is 0.416. The number of hydrogen-bond acceptors (Lipinski definition) is 6. The van der Waals surface area contributed by atoms with Gasteiger partial charge in [-0.15, -0.1) is 0 Å². The molecule has 1 unspecified atom stereocenters. The lowest BCUT2D eigenvalue weighted by Gasteiger charge is -2.33. The SMILES string of the molecule is COCCCn1cc(CN(C(=O)C2CN(C(=O)O)CCO2)C2CC2)c2c(Oc3ccccc3)ccnc21. The van der Waals surface area contributed by atoms with Crippen LogP contribution in [-0.4, -0.2) is 82.0 Å². The van der Waals surface area contributed by atoms with Crippen LogP contribution in [0.4, 0.5) is 4.79 Å². The van der Waals surface area contributed by atoms with E-state index in [-0.39, 0.29) is 31.6 Å². The number of aryl methyl sites for hydroxylation is 1. The fraction of sp³-hybridized carbons (Fsp3) is 0.444. The Morgan fingerprint density at radius 2 is 2.03 bits per heavy atom. The molecule has 2 aliphatic rings. The number of morpholine rings is 1. The number of fused-ring (bicyclic) bond motifs is 1. The maximum absolute atomic E-state index is 13.6. The number of benzene rings is 1. The van der Waals surface area contributed by atoms with E-state index < -0.39 is 12.2 Å². The van der Waals surface area contributed by atoms with Gasteiger partial charge >= 0.3 is 6.09 Å². The average molecular weight is 509 g/mol. The minimum absolute atomic E-state index is 0.0418. The molecule has 37 heavy (non-hydrogen) atoms. The smallest absolute Gasteiger partial charge is 0.407 e. The minimum Gasteiger partial charge on any atom is -0.465 e. The number of amides is 2. The van der Waals surface area contributed by atoms with Gasteiger partial charge < -0.3 is 33.7 Å². The maximum Gasteiger partial charge on any atom is 0.407 e. The fourth-order valence-corrected chi connectivity index (χ4v) is 4.75. The van der Waals surface area contributed by atoms with Gasteiger partial charge in [0.1, 0.15) is 17.1 Å². The van der Waals surface area contributed by atoms with Crippen molar-refractivity contribution in [2.24, 2.45) is 0 Å². The molecule has 196 valence electrons. The molecule has 1 aliphatic heterocycles. The zero-order chi connectivity index (χ0) is 25.8. The van der Waals surface area contributed by atoms with E-state index in [9.17, 15) is 14.7 Å². The van der Waals surface area contributed by atoms with Gasteiger partial charge in [-0.25, -0.2) is 9.78 Å². The van der Waals surface area contributed by atoms with Crippen molar-refractivity contribution in [3.8, 4) is 11.5 Å². The molecule has 1 aliphatic carbocycles. The Bertz CT molecular complexity index is 1240. The van der Waals surface area contributed by atoms with Gasteiger partial charge in [-0.3, -0.25) is 4.79 Å². The molecule has 0 spiro atoms. The highest BCUT2D eigenvalue weighted by Gasteiger charge is 2.39. The monoisotopic (exact) mass is 508 g/mol. The summed E-state index contributed by atoms with van der Waals surface area (Å²) in [6.07, 6.45) is 4.58. The molecule has 10 heteroatoms. The van der Waals surface area contributed by atoms with Gasteiger partial charge in [-0.1, -0.05) is 18.2 Å². The number of para-hydroxylation sites is 1. The highest BCUT2D eigenvalue weighted by Crippen LogP contribution is 2.36. The van der Waals surface area contributed by atoms with Gasteiger partial charge in [0.15, 0.2) is 6.10 Å². The number of methoxy groups -OCH3 is 1. The van der Waals surface area contributed by atoms with E-state index in [1.807, 2.05) is 47.5 Å². The van der Waals surface area contributed by atoms with E-state index in [1.165, 1.54) is 4.90 Å². The first-order chi connectivity index (χ1) is 18.0. The molecule has 3 heterocycles. The van der Waals surface area contributed by atoms with Gasteiger partial charge in [0, 0.05) is 57.3 Å². The lowest BCUT2D eigenvalue weighted by Crippen LogP contribution is -2.52. The van der Waals surface area contributed by atoms with Crippen molar-refractivity contribution in [1.82, 2.24) is 19.4 Å². The van der Waals surface area contributed by atoms with E-state index in [0.29, 0.717) is 31.2 Å². The summed E-state index contributed by atoms with van der Waals surface area (Å²) in [5.41, 5.74) is 1.71. The molecule has 3 aromatic rings. The third-order valence-electron chi connectivity index (χ3n) is 6.74. The highest BCUT2D eigenvalue weighted by molar-refractivity contribution is 5.88. The van der Waals surface area contributed by atoms with Crippen molar-refractivity contribution < 1.29 is 28.9 Å². The van der Waals surface area contributed by atoms with Crippen molar-refractivity contribution in [3.05, 3.63) is 54.4 Å². The molecule has 1 saturated heterocycles. The molecule has 5 rings (SSSR count). The third kappa shape index (κ3) is 5.70. The van der Waals surface area contributed by atoms with Crippen LogP contribution in [0.1, 0.15) is 24.8 Å². The molecule has 1 atom stereocenters. The molecular weight excluding hydrogens is 476 g/mol. The molecule has 2 fully saturated rings. The van der Waals surface area contributed by atoms with Crippen LogP contribution in [0.2, 0.25) is 0 Å². The Hall–Kier alpha value is -3.63. The van der Waals surface area contributed by atoms with Crippen LogP contribution in [0.25, 0.3) is 11.0 Å². The van der Waals surface area contributed by atoms with Crippen LogP contribution >= 0.6 is 0 Å². The number of nitrogens with zero attached hydrogens (tertiary/aromatic N) is 4. The molecule has 1 saturated carbocycles. The van der Waals surface area contributed by atoms with E-state index in [4.69, 9.17) is 14.2 Å². The summed E-state index contributed by atoms with van der Waals surface area (Å²) in [6.45, 7) is 2.22. The number of ether oxygens (including phenoxy) is 3. The second kappa shape index (κ2) is 11.2. The van der Waals surface area contributed by atoms with Crippen molar-refractivity contribution in [3.63, 3.8) is 0 Å². The molecule has 2 aromatic heterocycles. The molecule has 10 nitrogen and oxygen atoms in total. The maximum atomic E-state index is 13.6. The van der Waals surface area contributed by atoms with E-state index in [2.05, 4.69) is 9.55 Å². The minimum atomic E-state index is -1.04. The summed E-state index contributed by atoms with van der Waals surface area (Å²) >= 11 is 0. The zero-order valence-corrected chi connectivity index (χ0v) is 20.9. The van der Waals surface area contributed by atoms with E-state index in [0.717, 1.165) is 35.9 Å². The topological polar surface area (TPSA) is 106 Å². The lowest BCUT2D eigenvalue weighted by atomic mass is 10.1. The number of hydrogen-bond donors (Lipinski definition) is 1. The second-order valence-corrected chi connectivity index (χ2v) is 9.40. The Kier molecular flexibility index (Phi) is 7.57. The summed E-state index contributed by atoms with van der Waals surface area (Å²) in [5, 5.41) is 10.3. The first-order valence-corrected chi connectivity index (χ1v) is 12.6. The summed E-state index contributed by atoms with van der Waals surface area (Å²) in [4.78, 5) is 32.8. The van der Waals surface area contributed by atoms with Gasteiger partial charge in [0.2, 0.25) is 0 Å². The number of pyridine rings is 1. The third-order valence-corrected chi connectivity index (χ3v) is 6.74. The summed E-state index contributed by atoms with van der Waals surface area (Å²) in [7, 11) is 1.68. The van der Waals surface area contributed by atoms with Crippen molar-refractivity contribution in [2.75, 3.05) is 33.4 Å². The number of carbonyl (C=O) groups is 2. The van der Waals surface area contributed by atoms with Crippen LogP contribution in [0, 0.1) is 0 Å². The normalized spacial score (nSPS) is 17.6. The summed E-state index contributed by atoms with van der Waals surface area (Å²) in [5.74, 6) is 1.21. The molecule has 0 radical (unpaired) electrons. The van der Waals surface area contributed by atoms with E-state index >= 15 is 0 Å². The van der Waals surface area contributed by atoms with Crippen LogP contribution in [0.15, 0.2) is 48.8 Å². The summed E-state index contributed by atoms with van der Waals surface area (Å²) < 4.78 is 19.3. The average Bonchev–Trinajstić information content (AvgIpc) is 3.70. The van der Waals surface area contributed by atoms with Crippen LogP contribution in [0.5, 0.6) is 11.5 Å². The Labute approximate surface area is 215 Å². The molecule has 1 N–H and O–H groups in total.